The minimum Gasteiger partial charge on any atom is -0.355 e. The van der Waals surface area contributed by atoms with Crippen LogP contribution in [0.2, 0.25) is 0 Å². The minimum atomic E-state index is -0.0282. The SMILES string of the molecule is CC(N)C1CCN(C(=O)C2CCC(=O)NC2)C1. The molecule has 3 unspecified atom stereocenters. The van der Waals surface area contributed by atoms with Crippen molar-refractivity contribution >= 4 is 11.8 Å². The number of nitrogens with zero attached hydrogens (tertiary/aromatic N) is 1. The van der Waals surface area contributed by atoms with Gasteiger partial charge in [-0.25, -0.2) is 0 Å². The average Bonchev–Trinajstić information content (AvgIpc) is 2.78. The number of rotatable bonds is 2. The summed E-state index contributed by atoms with van der Waals surface area (Å²) in [6.07, 6.45) is 2.16. The van der Waals surface area contributed by atoms with Crippen LogP contribution in [0.25, 0.3) is 0 Å². The van der Waals surface area contributed by atoms with Crippen LogP contribution in [0.5, 0.6) is 0 Å². The Kier molecular flexibility index (Phi) is 3.66. The van der Waals surface area contributed by atoms with Crippen LogP contribution in [0.4, 0.5) is 0 Å². The summed E-state index contributed by atoms with van der Waals surface area (Å²) in [5.41, 5.74) is 5.86. The van der Waals surface area contributed by atoms with Gasteiger partial charge in [0.2, 0.25) is 11.8 Å². The molecule has 2 fully saturated rings. The van der Waals surface area contributed by atoms with Crippen LogP contribution < -0.4 is 11.1 Å². The minimum absolute atomic E-state index is 0.0282. The van der Waals surface area contributed by atoms with Gasteiger partial charge in [0.05, 0.1) is 5.92 Å². The van der Waals surface area contributed by atoms with E-state index >= 15 is 0 Å². The first-order valence-electron chi connectivity index (χ1n) is 6.39. The Balaban J connectivity index is 1.86. The number of carbonyl (C=O) groups is 2. The number of hydrogen-bond donors (Lipinski definition) is 2. The molecule has 0 aliphatic carbocycles. The highest BCUT2D eigenvalue weighted by molar-refractivity contribution is 5.83. The molecule has 2 heterocycles. The summed E-state index contributed by atoms with van der Waals surface area (Å²) in [5, 5.41) is 2.76. The Morgan fingerprint density at radius 1 is 1.53 bits per heavy atom. The molecular formula is C12H21N3O2. The molecule has 17 heavy (non-hydrogen) atoms. The number of hydrogen-bond acceptors (Lipinski definition) is 3. The molecule has 0 bridgehead atoms. The van der Waals surface area contributed by atoms with Crippen LogP contribution in [-0.4, -0.2) is 42.4 Å². The summed E-state index contributed by atoms with van der Waals surface area (Å²) in [6.45, 7) is 4.09. The molecule has 3 N–H and O–H groups in total. The summed E-state index contributed by atoms with van der Waals surface area (Å²) in [4.78, 5) is 25.2. The van der Waals surface area contributed by atoms with Gasteiger partial charge in [-0.1, -0.05) is 0 Å². The summed E-state index contributed by atoms with van der Waals surface area (Å²) < 4.78 is 0. The maximum absolute atomic E-state index is 12.2. The maximum Gasteiger partial charge on any atom is 0.227 e. The predicted molar refractivity (Wildman–Crippen MR) is 64.1 cm³/mol. The lowest BCUT2D eigenvalue weighted by atomic mass is 9.97. The molecule has 3 atom stereocenters. The van der Waals surface area contributed by atoms with Crippen molar-refractivity contribution in [2.45, 2.75) is 32.2 Å². The lowest BCUT2D eigenvalue weighted by Crippen LogP contribution is -2.44. The van der Waals surface area contributed by atoms with Crippen molar-refractivity contribution in [3.8, 4) is 0 Å². The summed E-state index contributed by atoms with van der Waals surface area (Å²) in [6, 6.07) is 0.152. The van der Waals surface area contributed by atoms with Crippen molar-refractivity contribution in [1.82, 2.24) is 10.2 Å². The van der Waals surface area contributed by atoms with E-state index < -0.39 is 0 Å². The Hall–Kier alpha value is -1.10. The predicted octanol–water partition coefficient (Wildman–Crippen LogP) is -0.292. The lowest BCUT2D eigenvalue weighted by Gasteiger charge is -2.26. The largest absolute Gasteiger partial charge is 0.355 e. The van der Waals surface area contributed by atoms with E-state index in [-0.39, 0.29) is 23.8 Å². The normalized spacial score (nSPS) is 31.2. The van der Waals surface area contributed by atoms with Crippen molar-refractivity contribution in [3.05, 3.63) is 0 Å². The van der Waals surface area contributed by atoms with Crippen LogP contribution >= 0.6 is 0 Å². The van der Waals surface area contributed by atoms with Crippen LogP contribution in [0, 0.1) is 11.8 Å². The summed E-state index contributed by atoms with van der Waals surface area (Å²) >= 11 is 0. The molecule has 0 spiro atoms. The number of amides is 2. The van der Waals surface area contributed by atoms with Gasteiger partial charge in [-0.15, -0.1) is 0 Å². The zero-order chi connectivity index (χ0) is 12.4. The molecule has 0 radical (unpaired) electrons. The fourth-order valence-corrected chi connectivity index (χ4v) is 2.62. The zero-order valence-corrected chi connectivity index (χ0v) is 10.3. The third-order valence-electron chi connectivity index (χ3n) is 3.89. The van der Waals surface area contributed by atoms with Gasteiger partial charge in [0.25, 0.3) is 0 Å². The number of nitrogens with one attached hydrogen (secondary N) is 1. The molecule has 5 heteroatoms. The van der Waals surface area contributed by atoms with E-state index in [9.17, 15) is 9.59 Å². The van der Waals surface area contributed by atoms with Gasteiger partial charge in [0, 0.05) is 32.1 Å². The second-order valence-electron chi connectivity index (χ2n) is 5.23. The van der Waals surface area contributed by atoms with Gasteiger partial charge >= 0.3 is 0 Å². The van der Waals surface area contributed by atoms with Crippen molar-refractivity contribution < 1.29 is 9.59 Å². The highest BCUT2D eigenvalue weighted by Crippen LogP contribution is 2.22. The van der Waals surface area contributed by atoms with Crippen molar-refractivity contribution in [1.29, 1.82) is 0 Å². The second kappa shape index (κ2) is 5.04. The standard InChI is InChI=1S/C12H21N3O2/c1-8(13)10-4-5-15(7-10)12(17)9-2-3-11(16)14-6-9/h8-10H,2-7,13H2,1H3,(H,14,16). The fourth-order valence-electron chi connectivity index (χ4n) is 2.62. The van der Waals surface area contributed by atoms with Crippen LogP contribution in [0.15, 0.2) is 0 Å². The molecule has 0 aromatic carbocycles. The van der Waals surface area contributed by atoms with Crippen molar-refractivity contribution in [3.63, 3.8) is 0 Å². The van der Waals surface area contributed by atoms with Crippen LogP contribution in [-0.2, 0) is 9.59 Å². The average molecular weight is 239 g/mol. The third-order valence-corrected chi connectivity index (χ3v) is 3.89. The van der Waals surface area contributed by atoms with E-state index in [2.05, 4.69) is 5.32 Å². The highest BCUT2D eigenvalue weighted by atomic mass is 16.2. The van der Waals surface area contributed by atoms with Gasteiger partial charge < -0.3 is 16.0 Å². The third kappa shape index (κ3) is 2.77. The van der Waals surface area contributed by atoms with Crippen molar-refractivity contribution in [2.24, 2.45) is 17.6 Å². The monoisotopic (exact) mass is 239 g/mol. The highest BCUT2D eigenvalue weighted by Gasteiger charge is 2.33. The molecule has 2 saturated heterocycles. The van der Waals surface area contributed by atoms with E-state index in [0.29, 0.717) is 25.3 Å². The zero-order valence-electron chi connectivity index (χ0n) is 10.3. The Labute approximate surface area is 102 Å². The summed E-state index contributed by atoms with van der Waals surface area (Å²) in [5.74, 6) is 0.647. The molecule has 0 aromatic rings. The van der Waals surface area contributed by atoms with E-state index in [1.807, 2.05) is 11.8 Å². The number of likely N-dealkylation sites (tertiary alicyclic amines) is 1. The maximum atomic E-state index is 12.2. The van der Waals surface area contributed by atoms with E-state index in [1.165, 1.54) is 0 Å². The van der Waals surface area contributed by atoms with Gasteiger partial charge in [0.1, 0.15) is 0 Å². The Morgan fingerprint density at radius 3 is 2.82 bits per heavy atom. The van der Waals surface area contributed by atoms with Gasteiger partial charge in [-0.3, -0.25) is 9.59 Å². The molecule has 96 valence electrons. The number of carbonyl (C=O) groups excluding carboxylic acids is 2. The topological polar surface area (TPSA) is 75.4 Å². The first-order valence-corrected chi connectivity index (χ1v) is 6.39. The molecule has 2 aliphatic rings. The molecule has 0 saturated carbocycles. The van der Waals surface area contributed by atoms with E-state index in [1.54, 1.807) is 0 Å². The molecule has 2 amide bonds. The van der Waals surface area contributed by atoms with Crippen molar-refractivity contribution in [2.75, 3.05) is 19.6 Å². The summed E-state index contributed by atoms with van der Waals surface area (Å²) in [7, 11) is 0. The van der Waals surface area contributed by atoms with Gasteiger partial charge in [-0.2, -0.15) is 0 Å². The lowest BCUT2D eigenvalue weighted by molar-refractivity contribution is -0.136. The Morgan fingerprint density at radius 2 is 2.29 bits per heavy atom. The fraction of sp³-hybridized carbons (Fsp3) is 0.833. The number of nitrogens with two attached hydrogens (primary N) is 1. The first-order chi connectivity index (χ1) is 8.08. The first kappa shape index (κ1) is 12.4. The molecule has 5 nitrogen and oxygen atoms in total. The smallest absolute Gasteiger partial charge is 0.227 e. The second-order valence-corrected chi connectivity index (χ2v) is 5.23. The van der Waals surface area contributed by atoms with E-state index in [0.717, 1.165) is 19.5 Å². The van der Waals surface area contributed by atoms with Crippen LogP contribution in [0.3, 0.4) is 0 Å². The molecule has 2 aliphatic heterocycles. The van der Waals surface area contributed by atoms with E-state index in [4.69, 9.17) is 5.73 Å². The quantitative estimate of drug-likeness (QED) is 0.695. The van der Waals surface area contributed by atoms with Gasteiger partial charge in [-0.05, 0) is 25.7 Å². The molecule has 0 aromatic heterocycles. The molecule has 2 rings (SSSR count). The Bertz CT molecular complexity index is 307. The van der Waals surface area contributed by atoms with Gasteiger partial charge in [0.15, 0.2) is 0 Å². The van der Waals surface area contributed by atoms with Crippen LogP contribution in [0.1, 0.15) is 26.2 Å². The number of piperidine rings is 1. The molecular weight excluding hydrogens is 218 g/mol.